The lowest BCUT2D eigenvalue weighted by Crippen LogP contribution is -2.02. The molecule has 52 valence electrons. The van der Waals surface area contributed by atoms with Crippen molar-refractivity contribution in [1.82, 2.24) is 5.32 Å². The Labute approximate surface area is 62.1 Å². The Hall–Kier alpha value is -0.370. The van der Waals surface area contributed by atoms with Gasteiger partial charge in [-0.25, -0.2) is 0 Å². The Bertz CT molecular complexity index is 116. The largest absolute Gasteiger partial charge is 0.394 e. The second kappa shape index (κ2) is 4.50. The molecule has 0 aromatic heterocycles. The average molecular weight is 143 g/mol. The third-order valence-corrected chi connectivity index (χ3v) is 1.59. The third kappa shape index (κ3) is 4.15. The highest BCUT2D eigenvalue weighted by atomic mass is 32.1. The number of hydrogen-bond donors (Lipinski definition) is 1. The fourth-order valence-electron chi connectivity index (χ4n) is 0.358. The van der Waals surface area contributed by atoms with E-state index in [-0.39, 0.29) is 0 Å². The Morgan fingerprint density at radius 1 is 1.56 bits per heavy atom. The van der Waals surface area contributed by atoms with Crippen LogP contribution in [0.4, 0.5) is 0 Å². The van der Waals surface area contributed by atoms with E-state index in [9.17, 15) is 0 Å². The van der Waals surface area contributed by atoms with E-state index in [0.717, 1.165) is 4.86 Å². The zero-order chi connectivity index (χ0) is 7.28. The molecular formula is C7H13NS. The van der Waals surface area contributed by atoms with Gasteiger partial charge in [-0.05, 0) is 18.2 Å². The summed E-state index contributed by atoms with van der Waals surface area (Å²) in [7, 11) is 1.86. The van der Waals surface area contributed by atoms with Crippen LogP contribution in [0.1, 0.15) is 13.8 Å². The van der Waals surface area contributed by atoms with Gasteiger partial charge in [-0.3, -0.25) is 0 Å². The van der Waals surface area contributed by atoms with E-state index in [0.29, 0.717) is 5.92 Å². The molecule has 1 N–H and O–H groups in total. The molecule has 1 nitrogen and oxygen atoms in total. The molecule has 9 heavy (non-hydrogen) atoms. The van der Waals surface area contributed by atoms with Crippen LogP contribution in [0, 0.1) is 5.92 Å². The van der Waals surface area contributed by atoms with Crippen molar-refractivity contribution in [3.8, 4) is 0 Å². The van der Waals surface area contributed by atoms with Crippen LogP contribution in [-0.4, -0.2) is 11.9 Å². The maximum absolute atomic E-state index is 5.02. The summed E-state index contributed by atoms with van der Waals surface area (Å²) in [6, 6.07) is 0. The molecule has 0 unspecified atom stereocenters. The zero-order valence-corrected chi connectivity index (χ0v) is 6.96. The van der Waals surface area contributed by atoms with Crippen LogP contribution in [0.2, 0.25) is 0 Å². The topological polar surface area (TPSA) is 12.0 Å². The molecule has 0 aliphatic carbocycles. The van der Waals surface area contributed by atoms with E-state index in [1.807, 2.05) is 19.3 Å². The molecule has 0 aromatic carbocycles. The molecule has 0 rings (SSSR count). The second-order valence-electron chi connectivity index (χ2n) is 2.18. The predicted molar refractivity (Wildman–Crippen MR) is 45.6 cm³/mol. The van der Waals surface area contributed by atoms with Crippen LogP contribution in [0.25, 0.3) is 0 Å². The normalized spacial score (nSPS) is 10.7. The van der Waals surface area contributed by atoms with Gasteiger partial charge < -0.3 is 5.32 Å². The maximum Gasteiger partial charge on any atom is 0.0192 e. The summed E-state index contributed by atoms with van der Waals surface area (Å²) in [6.07, 6.45) is 3.77. The number of hydrogen-bond acceptors (Lipinski definition) is 2. The van der Waals surface area contributed by atoms with Gasteiger partial charge in [0, 0.05) is 11.9 Å². The molecule has 0 saturated heterocycles. The first-order valence-corrected chi connectivity index (χ1v) is 3.47. The Kier molecular flexibility index (Phi) is 4.32. The molecule has 0 heterocycles. The van der Waals surface area contributed by atoms with Crippen LogP contribution in [0.5, 0.6) is 0 Å². The van der Waals surface area contributed by atoms with Gasteiger partial charge in [0.05, 0.1) is 0 Å². The molecule has 2 heteroatoms. The molecular weight excluding hydrogens is 130 g/mol. The zero-order valence-electron chi connectivity index (χ0n) is 6.14. The predicted octanol–water partition coefficient (Wildman–Crippen LogP) is 1.75. The second-order valence-corrected chi connectivity index (χ2v) is 2.65. The van der Waals surface area contributed by atoms with Crippen molar-refractivity contribution in [2.24, 2.45) is 5.92 Å². The first kappa shape index (κ1) is 8.63. The van der Waals surface area contributed by atoms with Crippen LogP contribution < -0.4 is 5.32 Å². The van der Waals surface area contributed by atoms with Gasteiger partial charge in [-0.1, -0.05) is 26.1 Å². The van der Waals surface area contributed by atoms with Gasteiger partial charge >= 0.3 is 0 Å². The molecule has 0 fully saturated rings. The van der Waals surface area contributed by atoms with Crippen molar-refractivity contribution in [2.75, 3.05) is 7.05 Å². The fraction of sp³-hybridized carbons (Fsp3) is 0.571. The minimum atomic E-state index is 0.476. The van der Waals surface area contributed by atoms with Crippen molar-refractivity contribution in [2.45, 2.75) is 13.8 Å². The summed E-state index contributed by atoms with van der Waals surface area (Å²) in [5, 5.41) is 2.89. The van der Waals surface area contributed by atoms with Crippen LogP contribution in [0.15, 0.2) is 12.3 Å². The van der Waals surface area contributed by atoms with E-state index in [2.05, 4.69) is 19.2 Å². The van der Waals surface area contributed by atoms with E-state index < -0.39 is 0 Å². The van der Waals surface area contributed by atoms with Gasteiger partial charge in [0.1, 0.15) is 0 Å². The summed E-state index contributed by atoms with van der Waals surface area (Å²) in [5.74, 6) is 0.476. The summed E-state index contributed by atoms with van der Waals surface area (Å²) in [5.41, 5.74) is 0. The highest BCUT2D eigenvalue weighted by molar-refractivity contribution is 7.80. The summed E-state index contributed by atoms with van der Waals surface area (Å²) in [6.45, 7) is 4.17. The number of rotatable bonds is 3. The SMILES string of the molecule is CNC=CC(=S)C(C)C. The number of allylic oxidation sites excluding steroid dienone is 1. The van der Waals surface area contributed by atoms with Crippen molar-refractivity contribution in [1.29, 1.82) is 0 Å². The van der Waals surface area contributed by atoms with Crippen LogP contribution in [-0.2, 0) is 0 Å². The number of nitrogens with one attached hydrogen (secondary N) is 1. The van der Waals surface area contributed by atoms with Gasteiger partial charge in [0.15, 0.2) is 0 Å². The maximum atomic E-state index is 5.02. The van der Waals surface area contributed by atoms with Crippen molar-refractivity contribution < 1.29 is 0 Å². The monoisotopic (exact) mass is 143 g/mol. The van der Waals surface area contributed by atoms with Crippen molar-refractivity contribution in [3.05, 3.63) is 12.3 Å². The van der Waals surface area contributed by atoms with Gasteiger partial charge in [-0.2, -0.15) is 0 Å². The lowest BCUT2D eigenvalue weighted by molar-refractivity contribution is 0.904. The van der Waals surface area contributed by atoms with Crippen LogP contribution >= 0.6 is 12.2 Å². The lowest BCUT2D eigenvalue weighted by Gasteiger charge is -1.98. The first-order valence-electron chi connectivity index (χ1n) is 3.06. The van der Waals surface area contributed by atoms with Gasteiger partial charge in [0.25, 0.3) is 0 Å². The van der Waals surface area contributed by atoms with E-state index >= 15 is 0 Å². The van der Waals surface area contributed by atoms with Crippen molar-refractivity contribution >= 4 is 17.1 Å². The highest BCUT2D eigenvalue weighted by Crippen LogP contribution is 1.96. The average Bonchev–Trinajstić information content (AvgIpc) is 1.82. The molecule has 0 saturated carbocycles. The van der Waals surface area contributed by atoms with E-state index in [1.165, 1.54) is 0 Å². The molecule has 0 atom stereocenters. The van der Waals surface area contributed by atoms with E-state index in [1.54, 1.807) is 0 Å². The van der Waals surface area contributed by atoms with Crippen LogP contribution in [0.3, 0.4) is 0 Å². The summed E-state index contributed by atoms with van der Waals surface area (Å²) < 4.78 is 0. The summed E-state index contributed by atoms with van der Waals surface area (Å²) >= 11 is 5.02. The molecule has 0 aromatic rings. The molecule has 0 radical (unpaired) electrons. The first-order chi connectivity index (χ1) is 4.18. The van der Waals surface area contributed by atoms with Gasteiger partial charge in [0.2, 0.25) is 0 Å². The van der Waals surface area contributed by atoms with Crippen molar-refractivity contribution in [3.63, 3.8) is 0 Å². The highest BCUT2D eigenvalue weighted by Gasteiger charge is 1.94. The van der Waals surface area contributed by atoms with Gasteiger partial charge in [-0.15, -0.1) is 0 Å². The smallest absolute Gasteiger partial charge is 0.0192 e. The Morgan fingerprint density at radius 2 is 2.11 bits per heavy atom. The minimum absolute atomic E-state index is 0.476. The quantitative estimate of drug-likeness (QED) is 0.477. The minimum Gasteiger partial charge on any atom is -0.394 e. The third-order valence-electron chi connectivity index (χ3n) is 0.983. The fourth-order valence-corrected chi connectivity index (χ4v) is 0.426. The molecule has 0 bridgehead atoms. The summed E-state index contributed by atoms with van der Waals surface area (Å²) in [4.78, 5) is 0.990. The molecule has 0 spiro atoms. The molecule has 0 aliphatic heterocycles. The Morgan fingerprint density at radius 3 is 2.44 bits per heavy atom. The van der Waals surface area contributed by atoms with E-state index in [4.69, 9.17) is 12.2 Å². The molecule has 0 aliphatic rings. The standard InChI is InChI=1S/C7H13NS/c1-6(2)7(9)4-5-8-3/h4-6,8H,1-3H3. The lowest BCUT2D eigenvalue weighted by atomic mass is 10.1. The Balaban J connectivity index is 3.63. The molecule has 0 amide bonds. The number of thiocarbonyl (C=S) groups is 1.